The van der Waals surface area contributed by atoms with Crippen LogP contribution >= 0.6 is 0 Å². The van der Waals surface area contributed by atoms with E-state index in [0.717, 1.165) is 25.7 Å². The number of ketones is 1. The average Bonchev–Trinajstić information content (AvgIpc) is 2.63. The number of aromatic nitrogens is 1. The molecule has 1 N–H and O–H groups in total. The number of Topliss-reactive ketones (excluding diaryl/α,β-unsaturated/α-hetero) is 1. The number of H-pyrrole nitrogens is 1. The number of carbonyl (C=O) groups excluding carboxylic acids is 2. The Morgan fingerprint density at radius 2 is 2.10 bits per heavy atom. The number of carbonyl (C=O) groups is 2. The van der Waals surface area contributed by atoms with Crippen molar-refractivity contribution in [1.29, 1.82) is 0 Å². The smallest absolute Gasteiger partial charge is 0.270 e. The van der Waals surface area contributed by atoms with Crippen molar-refractivity contribution in [3.8, 4) is 0 Å². The number of likely N-dealkylation sites (tertiary alicyclic amines) is 1. The van der Waals surface area contributed by atoms with E-state index in [-0.39, 0.29) is 23.3 Å². The molecule has 0 aliphatic carbocycles. The van der Waals surface area contributed by atoms with Crippen LogP contribution < -0.4 is 5.56 Å². The van der Waals surface area contributed by atoms with E-state index in [1.54, 1.807) is 24.0 Å². The van der Waals surface area contributed by atoms with Crippen LogP contribution in [0.4, 0.5) is 0 Å². The summed E-state index contributed by atoms with van der Waals surface area (Å²) in [6, 6.07) is 4.52. The molecule has 2 rings (SSSR count). The van der Waals surface area contributed by atoms with E-state index >= 15 is 0 Å². The lowest BCUT2D eigenvalue weighted by Crippen LogP contribution is -2.41. The van der Waals surface area contributed by atoms with Crippen molar-refractivity contribution in [3.05, 3.63) is 34.2 Å². The maximum Gasteiger partial charge on any atom is 0.270 e. The van der Waals surface area contributed by atoms with Gasteiger partial charge in [0.05, 0.1) is 0 Å². The molecular weight excluding hydrogens is 256 g/mol. The normalized spacial score (nSPS) is 19.4. The van der Waals surface area contributed by atoms with Gasteiger partial charge < -0.3 is 9.88 Å². The third kappa shape index (κ3) is 3.56. The molecule has 5 nitrogen and oxygen atoms in total. The standard InChI is InChI=1S/C15H20N2O3/c1-11(18)10-12-6-3-2-4-9-17(12)15(20)13-7-5-8-14(19)16-13/h5,7-8,12H,2-4,6,9-10H2,1H3,(H,16,19). The minimum atomic E-state index is -0.284. The van der Waals surface area contributed by atoms with Crippen molar-refractivity contribution in [2.24, 2.45) is 0 Å². The van der Waals surface area contributed by atoms with Crippen LogP contribution in [0.1, 0.15) is 49.5 Å². The van der Waals surface area contributed by atoms with Crippen LogP contribution in [0.2, 0.25) is 0 Å². The van der Waals surface area contributed by atoms with Crippen LogP contribution in [0.5, 0.6) is 0 Å². The first kappa shape index (κ1) is 14.5. The molecule has 2 heterocycles. The Balaban J connectivity index is 2.23. The van der Waals surface area contributed by atoms with Crippen LogP contribution in [-0.2, 0) is 4.79 Å². The number of aromatic amines is 1. The van der Waals surface area contributed by atoms with Crippen LogP contribution in [0.3, 0.4) is 0 Å². The highest BCUT2D eigenvalue weighted by Gasteiger charge is 2.27. The van der Waals surface area contributed by atoms with Gasteiger partial charge in [-0.3, -0.25) is 14.4 Å². The molecule has 1 atom stereocenters. The van der Waals surface area contributed by atoms with Crippen molar-refractivity contribution < 1.29 is 9.59 Å². The molecule has 1 fully saturated rings. The largest absolute Gasteiger partial charge is 0.334 e. The predicted molar refractivity (Wildman–Crippen MR) is 75.7 cm³/mol. The fraction of sp³-hybridized carbons (Fsp3) is 0.533. The first-order chi connectivity index (χ1) is 9.58. The Hall–Kier alpha value is -1.91. The monoisotopic (exact) mass is 276 g/mol. The zero-order valence-corrected chi connectivity index (χ0v) is 11.7. The summed E-state index contributed by atoms with van der Waals surface area (Å²) in [5.74, 6) is -0.0906. The van der Waals surface area contributed by atoms with Gasteiger partial charge in [-0.15, -0.1) is 0 Å². The minimum Gasteiger partial charge on any atom is -0.334 e. The number of pyridine rings is 1. The summed E-state index contributed by atoms with van der Waals surface area (Å²) >= 11 is 0. The molecule has 1 aromatic rings. The molecule has 108 valence electrons. The Morgan fingerprint density at radius 1 is 1.30 bits per heavy atom. The highest BCUT2D eigenvalue weighted by Crippen LogP contribution is 2.21. The van der Waals surface area contributed by atoms with Crippen molar-refractivity contribution in [1.82, 2.24) is 9.88 Å². The molecule has 0 aromatic carbocycles. The molecule has 1 amide bonds. The molecule has 0 saturated carbocycles. The van der Waals surface area contributed by atoms with E-state index in [1.807, 2.05) is 0 Å². The van der Waals surface area contributed by atoms with E-state index in [2.05, 4.69) is 4.98 Å². The summed E-state index contributed by atoms with van der Waals surface area (Å²) < 4.78 is 0. The SMILES string of the molecule is CC(=O)CC1CCCCCN1C(=O)c1cccc(=O)[nH]1. The molecule has 20 heavy (non-hydrogen) atoms. The third-order valence-corrected chi connectivity index (χ3v) is 3.66. The fourth-order valence-corrected chi connectivity index (χ4v) is 2.72. The number of nitrogens with one attached hydrogen (secondary N) is 1. The number of hydrogen-bond acceptors (Lipinski definition) is 3. The van der Waals surface area contributed by atoms with Gasteiger partial charge in [0.1, 0.15) is 11.5 Å². The van der Waals surface area contributed by atoms with Gasteiger partial charge >= 0.3 is 0 Å². The number of nitrogens with zero attached hydrogens (tertiary/aromatic N) is 1. The van der Waals surface area contributed by atoms with Gasteiger partial charge in [0, 0.05) is 25.1 Å². The number of rotatable bonds is 3. The van der Waals surface area contributed by atoms with E-state index in [4.69, 9.17) is 0 Å². The number of amides is 1. The Kier molecular flexibility index (Phi) is 4.71. The predicted octanol–water partition coefficient (Wildman–Crippen LogP) is 1.74. The second-order valence-electron chi connectivity index (χ2n) is 5.34. The second kappa shape index (κ2) is 6.50. The summed E-state index contributed by atoms with van der Waals surface area (Å²) in [7, 11) is 0. The van der Waals surface area contributed by atoms with Crippen LogP contribution in [-0.4, -0.2) is 34.2 Å². The molecule has 1 aromatic heterocycles. The molecule has 1 aliphatic heterocycles. The minimum absolute atomic E-state index is 0.0498. The van der Waals surface area contributed by atoms with Gasteiger partial charge in [0.2, 0.25) is 5.56 Å². The molecule has 0 radical (unpaired) electrons. The Bertz CT molecular complexity index is 550. The summed E-state index contributed by atoms with van der Waals surface area (Å²) in [6.07, 6.45) is 4.29. The van der Waals surface area contributed by atoms with Gasteiger partial charge in [-0.05, 0) is 25.8 Å². The van der Waals surface area contributed by atoms with E-state index in [1.165, 1.54) is 6.07 Å². The van der Waals surface area contributed by atoms with Crippen molar-refractivity contribution >= 4 is 11.7 Å². The Labute approximate surface area is 118 Å². The molecule has 1 saturated heterocycles. The maximum atomic E-state index is 12.5. The quantitative estimate of drug-likeness (QED) is 0.914. The summed E-state index contributed by atoms with van der Waals surface area (Å²) in [4.78, 5) is 39.6. The van der Waals surface area contributed by atoms with Crippen LogP contribution in [0.15, 0.2) is 23.0 Å². The first-order valence-corrected chi connectivity index (χ1v) is 7.07. The van der Waals surface area contributed by atoms with E-state index in [0.29, 0.717) is 18.7 Å². The lowest BCUT2D eigenvalue weighted by Gasteiger charge is -2.29. The lowest BCUT2D eigenvalue weighted by atomic mass is 10.0. The Morgan fingerprint density at radius 3 is 2.80 bits per heavy atom. The lowest BCUT2D eigenvalue weighted by molar-refractivity contribution is -0.118. The van der Waals surface area contributed by atoms with Crippen molar-refractivity contribution in [3.63, 3.8) is 0 Å². The van der Waals surface area contributed by atoms with E-state index < -0.39 is 0 Å². The molecule has 1 unspecified atom stereocenters. The third-order valence-electron chi connectivity index (χ3n) is 3.66. The van der Waals surface area contributed by atoms with Gasteiger partial charge in [-0.25, -0.2) is 0 Å². The van der Waals surface area contributed by atoms with Gasteiger partial charge in [-0.1, -0.05) is 18.9 Å². The molecule has 5 heteroatoms. The van der Waals surface area contributed by atoms with Gasteiger partial charge in [0.15, 0.2) is 0 Å². The first-order valence-electron chi connectivity index (χ1n) is 7.07. The average molecular weight is 276 g/mol. The van der Waals surface area contributed by atoms with Crippen molar-refractivity contribution in [2.45, 2.75) is 45.1 Å². The zero-order chi connectivity index (χ0) is 14.5. The summed E-state index contributed by atoms with van der Waals surface area (Å²) in [5, 5.41) is 0. The summed E-state index contributed by atoms with van der Waals surface area (Å²) in [5.41, 5.74) is 0.0155. The molecular formula is C15H20N2O3. The second-order valence-corrected chi connectivity index (χ2v) is 5.34. The highest BCUT2D eigenvalue weighted by molar-refractivity contribution is 5.92. The molecule has 1 aliphatic rings. The molecule has 0 bridgehead atoms. The highest BCUT2D eigenvalue weighted by atomic mass is 16.2. The van der Waals surface area contributed by atoms with Crippen LogP contribution in [0, 0.1) is 0 Å². The van der Waals surface area contributed by atoms with Crippen molar-refractivity contribution in [2.75, 3.05) is 6.54 Å². The maximum absolute atomic E-state index is 12.5. The van der Waals surface area contributed by atoms with Gasteiger partial charge in [0.25, 0.3) is 5.91 Å². The molecule has 0 spiro atoms. The zero-order valence-electron chi connectivity index (χ0n) is 11.7. The topological polar surface area (TPSA) is 70.2 Å². The fourth-order valence-electron chi connectivity index (χ4n) is 2.72. The number of hydrogen-bond donors (Lipinski definition) is 1. The van der Waals surface area contributed by atoms with Gasteiger partial charge in [-0.2, -0.15) is 0 Å². The summed E-state index contributed by atoms with van der Waals surface area (Å²) in [6.45, 7) is 2.20. The van der Waals surface area contributed by atoms with Crippen LogP contribution in [0.25, 0.3) is 0 Å². The van der Waals surface area contributed by atoms with E-state index in [9.17, 15) is 14.4 Å².